The van der Waals surface area contributed by atoms with Gasteiger partial charge in [0.1, 0.15) is 0 Å². The first-order chi connectivity index (χ1) is 9.70. The van der Waals surface area contributed by atoms with Crippen molar-refractivity contribution in [1.82, 2.24) is 5.32 Å². The molecule has 1 saturated carbocycles. The van der Waals surface area contributed by atoms with E-state index in [1.165, 1.54) is 49.9 Å². The van der Waals surface area contributed by atoms with Crippen LogP contribution >= 0.6 is 0 Å². The standard InChI is InChI=1S/C18H30N2/c1-4-12-19-18-11-6-5-9-16(18)14-20(3)17-10-7-8-15(2)13-17/h7-8,10,13,16,18-19H,4-6,9,11-12,14H2,1-3H3. The van der Waals surface area contributed by atoms with E-state index in [-0.39, 0.29) is 0 Å². The van der Waals surface area contributed by atoms with Gasteiger partial charge < -0.3 is 10.2 Å². The first-order valence-electron chi connectivity index (χ1n) is 8.22. The Bertz CT molecular complexity index is 402. The second-order valence-corrected chi connectivity index (χ2v) is 6.32. The topological polar surface area (TPSA) is 15.3 Å². The lowest BCUT2D eigenvalue weighted by atomic mass is 9.84. The summed E-state index contributed by atoms with van der Waals surface area (Å²) >= 11 is 0. The van der Waals surface area contributed by atoms with E-state index in [0.29, 0.717) is 0 Å². The molecule has 0 heterocycles. The maximum atomic E-state index is 3.76. The van der Waals surface area contributed by atoms with Crippen molar-refractivity contribution < 1.29 is 0 Å². The number of rotatable bonds is 6. The Balaban J connectivity index is 1.95. The minimum absolute atomic E-state index is 0.718. The van der Waals surface area contributed by atoms with Gasteiger partial charge in [-0.25, -0.2) is 0 Å². The third-order valence-corrected chi connectivity index (χ3v) is 4.52. The summed E-state index contributed by atoms with van der Waals surface area (Å²) in [6.07, 6.45) is 6.75. The first-order valence-corrected chi connectivity index (χ1v) is 8.22. The molecule has 0 amide bonds. The van der Waals surface area contributed by atoms with Gasteiger partial charge in [0.05, 0.1) is 0 Å². The molecule has 2 unspecified atom stereocenters. The lowest BCUT2D eigenvalue weighted by Crippen LogP contribution is -2.43. The minimum atomic E-state index is 0.718. The molecule has 20 heavy (non-hydrogen) atoms. The Morgan fingerprint density at radius 1 is 1.25 bits per heavy atom. The van der Waals surface area contributed by atoms with E-state index in [4.69, 9.17) is 0 Å². The average Bonchev–Trinajstić information content (AvgIpc) is 2.46. The third kappa shape index (κ3) is 4.24. The molecule has 2 atom stereocenters. The maximum Gasteiger partial charge on any atom is 0.0366 e. The molecule has 112 valence electrons. The number of aryl methyl sites for hydroxylation is 1. The molecule has 1 aromatic carbocycles. The summed E-state index contributed by atoms with van der Waals surface area (Å²) < 4.78 is 0. The van der Waals surface area contributed by atoms with Crippen LogP contribution in [0.3, 0.4) is 0 Å². The highest BCUT2D eigenvalue weighted by Gasteiger charge is 2.25. The van der Waals surface area contributed by atoms with Gasteiger partial charge in [0.15, 0.2) is 0 Å². The van der Waals surface area contributed by atoms with Gasteiger partial charge in [-0.2, -0.15) is 0 Å². The Labute approximate surface area is 124 Å². The Kier molecular flexibility index (Phi) is 5.90. The predicted octanol–water partition coefficient (Wildman–Crippen LogP) is 3.99. The van der Waals surface area contributed by atoms with E-state index in [1.807, 2.05) is 0 Å². The molecule has 1 N–H and O–H groups in total. The maximum absolute atomic E-state index is 3.76. The highest BCUT2D eigenvalue weighted by atomic mass is 15.1. The zero-order chi connectivity index (χ0) is 14.4. The fraction of sp³-hybridized carbons (Fsp3) is 0.667. The molecular weight excluding hydrogens is 244 g/mol. The largest absolute Gasteiger partial charge is 0.374 e. The number of hydrogen-bond donors (Lipinski definition) is 1. The summed E-state index contributed by atoms with van der Waals surface area (Å²) in [4.78, 5) is 2.43. The molecule has 2 rings (SSSR count). The van der Waals surface area contributed by atoms with Crippen LogP contribution in [0.5, 0.6) is 0 Å². The number of anilines is 1. The Morgan fingerprint density at radius 3 is 2.80 bits per heavy atom. The second kappa shape index (κ2) is 7.68. The van der Waals surface area contributed by atoms with Crippen molar-refractivity contribution in [3.63, 3.8) is 0 Å². The van der Waals surface area contributed by atoms with E-state index in [2.05, 4.69) is 55.4 Å². The number of benzene rings is 1. The van der Waals surface area contributed by atoms with Gasteiger partial charge in [-0.15, -0.1) is 0 Å². The van der Waals surface area contributed by atoms with Crippen molar-refractivity contribution in [3.8, 4) is 0 Å². The lowest BCUT2D eigenvalue weighted by Gasteiger charge is -2.35. The zero-order valence-electron chi connectivity index (χ0n) is 13.4. The number of nitrogens with zero attached hydrogens (tertiary/aromatic N) is 1. The van der Waals surface area contributed by atoms with Gasteiger partial charge in [0.25, 0.3) is 0 Å². The SMILES string of the molecule is CCCNC1CCCCC1CN(C)c1cccc(C)c1. The van der Waals surface area contributed by atoms with Crippen LogP contribution in [-0.2, 0) is 0 Å². The average molecular weight is 274 g/mol. The number of nitrogens with one attached hydrogen (secondary N) is 1. The van der Waals surface area contributed by atoms with Crippen molar-refractivity contribution >= 4 is 5.69 Å². The van der Waals surface area contributed by atoms with Crippen molar-refractivity contribution in [1.29, 1.82) is 0 Å². The molecule has 1 aliphatic carbocycles. The lowest BCUT2D eigenvalue weighted by molar-refractivity contribution is 0.266. The molecule has 0 aromatic heterocycles. The van der Waals surface area contributed by atoms with Crippen molar-refractivity contribution in [2.24, 2.45) is 5.92 Å². The molecule has 2 nitrogen and oxygen atoms in total. The summed E-state index contributed by atoms with van der Waals surface area (Å²) in [5.41, 5.74) is 2.70. The molecule has 0 spiro atoms. The molecular formula is C18H30N2. The smallest absolute Gasteiger partial charge is 0.0366 e. The summed E-state index contributed by atoms with van der Waals surface area (Å²) in [5, 5.41) is 3.76. The van der Waals surface area contributed by atoms with Crippen LogP contribution in [0.4, 0.5) is 5.69 Å². The third-order valence-electron chi connectivity index (χ3n) is 4.52. The van der Waals surface area contributed by atoms with Gasteiger partial charge in [0, 0.05) is 25.3 Å². The fourth-order valence-corrected chi connectivity index (χ4v) is 3.35. The van der Waals surface area contributed by atoms with Crippen LogP contribution in [-0.4, -0.2) is 26.2 Å². The van der Waals surface area contributed by atoms with E-state index < -0.39 is 0 Å². The predicted molar refractivity (Wildman–Crippen MR) is 88.5 cm³/mol. The fourth-order valence-electron chi connectivity index (χ4n) is 3.35. The summed E-state index contributed by atoms with van der Waals surface area (Å²) in [5.74, 6) is 0.792. The zero-order valence-corrected chi connectivity index (χ0v) is 13.4. The van der Waals surface area contributed by atoms with E-state index >= 15 is 0 Å². The minimum Gasteiger partial charge on any atom is -0.374 e. The Morgan fingerprint density at radius 2 is 2.05 bits per heavy atom. The molecule has 1 aromatic rings. The van der Waals surface area contributed by atoms with Crippen LogP contribution < -0.4 is 10.2 Å². The van der Waals surface area contributed by atoms with Gasteiger partial charge in [0.2, 0.25) is 0 Å². The second-order valence-electron chi connectivity index (χ2n) is 6.32. The number of hydrogen-bond acceptors (Lipinski definition) is 2. The van der Waals surface area contributed by atoms with Crippen LogP contribution in [0.1, 0.15) is 44.6 Å². The molecule has 0 aliphatic heterocycles. The molecule has 0 radical (unpaired) electrons. The van der Waals surface area contributed by atoms with Gasteiger partial charge >= 0.3 is 0 Å². The van der Waals surface area contributed by atoms with Crippen molar-refractivity contribution in [2.45, 2.75) is 52.0 Å². The van der Waals surface area contributed by atoms with Crippen LogP contribution in [0, 0.1) is 12.8 Å². The summed E-state index contributed by atoms with van der Waals surface area (Å²) in [6, 6.07) is 9.57. The monoisotopic (exact) mass is 274 g/mol. The van der Waals surface area contributed by atoms with Crippen LogP contribution in [0.25, 0.3) is 0 Å². The van der Waals surface area contributed by atoms with E-state index in [1.54, 1.807) is 0 Å². The molecule has 0 bridgehead atoms. The van der Waals surface area contributed by atoms with Gasteiger partial charge in [-0.05, 0) is 56.3 Å². The molecule has 0 saturated heterocycles. The molecule has 1 aliphatic rings. The first kappa shape index (κ1) is 15.4. The highest BCUT2D eigenvalue weighted by Crippen LogP contribution is 2.27. The van der Waals surface area contributed by atoms with Crippen molar-refractivity contribution in [3.05, 3.63) is 29.8 Å². The normalized spacial score (nSPS) is 22.8. The summed E-state index contributed by atoms with van der Waals surface area (Å²) in [6.45, 7) is 6.76. The Hall–Kier alpha value is -1.02. The van der Waals surface area contributed by atoms with Crippen LogP contribution in [0.15, 0.2) is 24.3 Å². The highest BCUT2D eigenvalue weighted by molar-refractivity contribution is 5.47. The van der Waals surface area contributed by atoms with E-state index in [9.17, 15) is 0 Å². The quantitative estimate of drug-likeness (QED) is 0.844. The van der Waals surface area contributed by atoms with Crippen molar-refractivity contribution in [2.75, 3.05) is 25.0 Å². The van der Waals surface area contributed by atoms with Gasteiger partial charge in [-0.1, -0.05) is 31.9 Å². The molecule has 2 heteroatoms. The summed E-state index contributed by atoms with van der Waals surface area (Å²) in [7, 11) is 2.24. The van der Waals surface area contributed by atoms with Gasteiger partial charge in [-0.3, -0.25) is 0 Å². The molecule has 1 fully saturated rings. The van der Waals surface area contributed by atoms with E-state index in [0.717, 1.165) is 18.5 Å². The van der Waals surface area contributed by atoms with Crippen LogP contribution in [0.2, 0.25) is 0 Å².